The topological polar surface area (TPSA) is 26.3 Å². The van der Waals surface area contributed by atoms with E-state index in [1.165, 1.54) is 7.11 Å². The molecule has 1 aliphatic heterocycles. The molecule has 1 fully saturated rings. The lowest BCUT2D eigenvalue weighted by Gasteiger charge is -2.05. The summed E-state index contributed by atoms with van der Waals surface area (Å²) in [5.41, 5.74) is 0. The standard InChI is InChI=1S/C5H10FO2P/c1-8-9(7)3-2-5(6)4-9/h5H,2-4H2,1H3. The van der Waals surface area contributed by atoms with Gasteiger partial charge in [0.1, 0.15) is 6.17 Å². The predicted octanol–water partition coefficient (Wildman–Crippen LogP) is 1.65. The third kappa shape index (κ3) is 1.53. The summed E-state index contributed by atoms with van der Waals surface area (Å²) in [6.45, 7) is 0. The Balaban J connectivity index is 2.55. The van der Waals surface area contributed by atoms with Gasteiger partial charge in [0.15, 0.2) is 0 Å². The molecule has 1 rings (SSSR count). The van der Waals surface area contributed by atoms with Crippen molar-refractivity contribution in [2.75, 3.05) is 19.4 Å². The highest BCUT2D eigenvalue weighted by molar-refractivity contribution is 7.59. The van der Waals surface area contributed by atoms with Crippen LogP contribution in [-0.2, 0) is 9.09 Å². The van der Waals surface area contributed by atoms with Crippen LogP contribution in [0.2, 0.25) is 0 Å². The number of hydrogen-bond acceptors (Lipinski definition) is 2. The minimum Gasteiger partial charge on any atom is -0.332 e. The Morgan fingerprint density at radius 3 is 2.67 bits per heavy atom. The Morgan fingerprint density at radius 2 is 2.44 bits per heavy atom. The zero-order chi connectivity index (χ0) is 6.91. The molecule has 1 heterocycles. The van der Waals surface area contributed by atoms with Crippen molar-refractivity contribution in [3.63, 3.8) is 0 Å². The van der Waals surface area contributed by atoms with Crippen LogP contribution < -0.4 is 0 Å². The third-order valence-electron chi connectivity index (χ3n) is 1.59. The molecule has 0 N–H and O–H groups in total. The van der Waals surface area contributed by atoms with Crippen molar-refractivity contribution in [1.29, 1.82) is 0 Å². The maximum Gasteiger partial charge on any atom is 0.205 e. The van der Waals surface area contributed by atoms with E-state index in [0.717, 1.165) is 0 Å². The van der Waals surface area contributed by atoms with E-state index < -0.39 is 13.5 Å². The van der Waals surface area contributed by atoms with Gasteiger partial charge in [0.05, 0.1) is 6.16 Å². The monoisotopic (exact) mass is 152 g/mol. The molecule has 0 bridgehead atoms. The maximum atomic E-state index is 12.4. The van der Waals surface area contributed by atoms with Gasteiger partial charge < -0.3 is 4.52 Å². The van der Waals surface area contributed by atoms with Crippen LogP contribution in [0.25, 0.3) is 0 Å². The smallest absolute Gasteiger partial charge is 0.205 e. The second-order valence-corrected chi connectivity index (χ2v) is 5.10. The molecule has 0 saturated carbocycles. The van der Waals surface area contributed by atoms with E-state index in [2.05, 4.69) is 4.52 Å². The molecule has 54 valence electrons. The van der Waals surface area contributed by atoms with Crippen LogP contribution in [0.1, 0.15) is 6.42 Å². The second kappa shape index (κ2) is 2.39. The van der Waals surface area contributed by atoms with Crippen LogP contribution in [-0.4, -0.2) is 25.6 Å². The van der Waals surface area contributed by atoms with E-state index in [4.69, 9.17) is 0 Å². The van der Waals surface area contributed by atoms with Crippen molar-refractivity contribution < 1.29 is 13.5 Å². The molecule has 0 radical (unpaired) electrons. The molecule has 1 aliphatic rings. The zero-order valence-electron chi connectivity index (χ0n) is 5.34. The lowest BCUT2D eigenvalue weighted by molar-refractivity contribution is 0.361. The van der Waals surface area contributed by atoms with Crippen LogP contribution in [0.15, 0.2) is 0 Å². The lowest BCUT2D eigenvalue weighted by atomic mass is 10.4. The fourth-order valence-corrected chi connectivity index (χ4v) is 2.96. The summed E-state index contributed by atoms with van der Waals surface area (Å²) in [5.74, 6) is 0. The Bertz CT molecular complexity index is 148. The van der Waals surface area contributed by atoms with Crippen LogP contribution in [0.4, 0.5) is 4.39 Å². The van der Waals surface area contributed by atoms with Gasteiger partial charge in [0.25, 0.3) is 0 Å². The fourth-order valence-electron chi connectivity index (χ4n) is 0.987. The van der Waals surface area contributed by atoms with Crippen LogP contribution in [0.5, 0.6) is 0 Å². The average molecular weight is 152 g/mol. The Kier molecular flexibility index (Phi) is 1.92. The number of hydrogen-bond donors (Lipinski definition) is 0. The predicted molar refractivity (Wildman–Crippen MR) is 33.9 cm³/mol. The van der Waals surface area contributed by atoms with Crippen molar-refractivity contribution in [3.05, 3.63) is 0 Å². The largest absolute Gasteiger partial charge is 0.332 e. The molecule has 0 spiro atoms. The first-order valence-electron chi connectivity index (χ1n) is 2.94. The number of alkyl halides is 1. The van der Waals surface area contributed by atoms with Crippen molar-refractivity contribution in [2.24, 2.45) is 0 Å². The highest BCUT2D eigenvalue weighted by atomic mass is 31.2. The highest BCUT2D eigenvalue weighted by Gasteiger charge is 2.33. The molecule has 2 nitrogen and oxygen atoms in total. The fraction of sp³-hybridized carbons (Fsp3) is 1.00. The first-order chi connectivity index (χ1) is 4.16. The number of rotatable bonds is 1. The van der Waals surface area contributed by atoms with E-state index in [1.807, 2.05) is 0 Å². The summed E-state index contributed by atoms with van der Waals surface area (Å²) >= 11 is 0. The van der Waals surface area contributed by atoms with Gasteiger partial charge in [-0.3, -0.25) is 4.57 Å². The van der Waals surface area contributed by atoms with Crippen LogP contribution in [0.3, 0.4) is 0 Å². The minimum atomic E-state index is -2.48. The van der Waals surface area contributed by atoms with Gasteiger partial charge in [0.2, 0.25) is 7.37 Å². The second-order valence-electron chi connectivity index (χ2n) is 2.29. The van der Waals surface area contributed by atoms with Crippen LogP contribution >= 0.6 is 7.37 Å². The number of halogens is 1. The van der Waals surface area contributed by atoms with Crippen molar-refractivity contribution in [2.45, 2.75) is 12.6 Å². The zero-order valence-corrected chi connectivity index (χ0v) is 6.23. The first kappa shape index (κ1) is 7.23. The molecule has 0 aromatic carbocycles. The Labute approximate surface area is 53.8 Å². The first-order valence-corrected chi connectivity index (χ1v) is 4.94. The van der Waals surface area contributed by atoms with E-state index in [1.54, 1.807) is 0 Å². The molecule has 4 heteroatoms. The van der Waals surface area contributed by atoms with Gasteiger partial charge in [-0.25, -0.2) is 4.39 Å². The van der Waals surface area contributed by atoms with Gasteiger partial charge in [-0.15, -0.1) is 0 Å². The van der Waals surface area contributed by atoms with E-state index >= 15 is 0 Å². The molecule has 0 aromatic heterocycles. The van der Waals surface area contributed by atoms with Crippen LogP contribution in [0, 0.1) is 0 Å². The molecule has 0 amide bonds. The van der Waals surface area contributed by atoms with E-state index in [0.29, 0.717) is 12.6 Å². The minimum absolute atomic E-state index is 0.128. The summed E-state index contributed by atoms with van der Waals surface area (Å²) in [5, 5.41) is 0. The molecule has 9 heavy (non-hydrogen) atoms. The van der Waals surface area contributed by atoms with E-state index in [-0.39, 0.29) is 6.16 Å². The average Bonchev–Trinajstić information content (AvgIpc) is 2.13. The highest BCUT2D eigenvalue weighted by Crippen LogP contribution is 2.52. The Morgan fingerprint density at radius 1 is 1.78 bits per heavy atom. The summed E-state index contributed by atoms with van der Waals surface area (Å²) in [4.78, 5) is 0. The molecule has 1 saturated heterocycles. The summed E-state index contributed by atoms with van der Waals surface area (Å²) in [6, 6.07) is 0. The lowest BCUT2D eigenvalue weighted by Crippen LogP contribution is -1.95. The van der Waals surface area contributed by atoms with Gasteiger partial charge >= 0.3 is 0 Å². The SMILES string of the molecule is COP1(=O)CCC(F)C1. The van der Waals surface area contributed by atoms with Crippen molar-refractivity contribution >= 4 is 7.37 Å². The van der Waals surface area contributed by atoms with Crippen molar-refractivity contribution in [1.82, 2.24) is 0 Å². The molecule has 2 atom stereocenters. The van der Waals surface area contributed by atoms with Gasteiger partial charge in [-0.05, 0) is 6.42 Å². The summed E-state index contributed by atoms with van der Waals surface area (Å²) in [7, 11) is -1.09. The summed E-state index contributed by atoms with van der Waals surface area (Å²) < 4.78 is 28.2. The molecular formula is C5H10FO2P. The van der Waals surface area contributed by atoms with Gasteiger partial charge in [0, 0.05) is 13.3 Å². The normalized spacial score (nSPS) is 43.6. The Hall–Kier alpha value is 0.120. The molecule has 0 aliphatic carbocycles. The summed E-state index contributed by atoms with van der Waals surface area (Å²) in [6.07, 6.45) is 0.0648. The third-order valence-corrected chi connectivity index (χ3v) is 4.15. The maximum absolute atomic E-state index is 12.4. The van der Waals surface area contributed by atoms with Gasteiger partial charge in [-0.2, -0.15) is 0 Å². The van der Waals surface area contributed by atoms with Crippen molar-refractivity contribution in [3.8, 4) is 0 Å². The molecule has 2 unspecified atom stereocenters. The molecular weight excluding hydrogens is 142 g/mol. The van der Waals surface area contributed by atoms with E-state index in [9.17, 15) is 8.96 Å². The van der Waals surface area contributed by atoms with Gasteiger partial charge in [-0.1, -0.05) is 0 Å². The molecule has 0 aromatic rings. The quantitative estimate of drug-likeness (QED) is 0.534.